The Balaban J connectivity index is 1.57. The van der Waals surface area contributed by atoms with Crippen molar-refractivity contribution in [2.75, 3.05) is 19.0 Å². The van der Waals surface area contributed by atoms with Crippen LogP contribution in [-0.2, 0) is 33.8 Å². The van der Waals surface area contributed by atoms with Crippen LogP contribution in [0.5, 0.6) is 5.75 Å². The van der Waals surface area contributed by atoms with Crippen LogP contribution in [0.25, 0.3) is 11.2 Å². The number of amides is 1. The number of alkyl halides is 3. The largest absolute Gasteiger partial charge is 0.497 e. The average Bonchev–Trinajstić information content (AvgIpc) is 3.39. The molecule has 228 valence electrons. The molecule has 43 heavy (non-hydrogen) atoms. The molecular formula is C28H27F4N5O6. The molecule has 2 aromatic heterocycles. The van der Waals surface area contributed by atoms with E-state index in [-0.39, 0.29) is 41.9 Å². The van der Waals surface area contributed by atoms with E-state index in [1.165, 1.54) is 42.0 Å². The quantitative estimate of drug-likeness (QED) is 0.197. The number of carbonyl (C=O) groups is 2. The van der Waals surface area contributed by atoms with Crippen LogP contribution in [0, 0.1) is 5.82 Å². The molecule has 15 heteroatoms. The van der Waals surface area contributed by atoms with E-state index in [1.54, 1.807) is 12.1 Å². The fourth-order valence-corrected chi connectivity index (χ4v) is 4.23. The number of hydrogen-bond donors (Lipinski definition) is 2. The van der Waals surface area contributed by atoms with Gasteiger partial charge in [0.2, 0.25) is 0 Å². The molecule has 11 nitrogen and oxygen atoms in total. The molecule has 0 unspecified atom stereocenters. The lowest BCUT2D eigenvalue weighted by atomic mass is 10.1. The zero-order valence-electron chi connectivity index (χ0n) is 23.1. The highest BCUT2D eigenvalue weighted by Crippen LogP contribution is 2.19. The highest BCUT2D eigenvalue weighted by atomic mass is 19.4. The van der Waals surface area contributed by atoms with E-state index < -0.39 is 41.7 Å². The summed E-state index contributed by atoms with van der Waals surface area (Å²) in [4.78, 5) is 56.9. The molecule has 0 bridgehead atoms. The number of nitrogens with zero attached hydrogens (tertiary/aromatic N) is 3. The highest BCUT2D eigenvalue weighted by molar-refractivity contribution is 5.93. The number of halogens is 4. The first kappa shape index (κ1) is 31.0. The fourth-order valence-electron chi connectivity index (χ4n) is 4.23. The van der Waals surface area contributed by atoms with Gasteiger partial charge in [-0.3, -0.25) is 18.7 Å². The van der Waals surface area contributed by atoms with Gasteiger partial charge in [0.05, 0.1) is 13.7 Å². The summed E-state index contributed by atoms with van der Waals surface area (Å²) >= 11 is 0. The number of H-pyrrole nitrogens is 1. The minimum absolute atomic E-state index is 0.0753. The SMILES string of the molecule is CCCCn1c(=O)n(Cc2cc(OC)ccc2F)c(=O)c2[nH]c(Cc3ccc(NC(=O)COC(=O)C(F)(F)F)cc3)nc21. The number of carbonyl (C=O) groups excluding carboxylic acids is 2. The number of fused-ring (bicyclic) bond motifs is 1. The molecule has 0 aliphatic carbocycles. The first-order valence-electron chi connectivity index (χ1n) is 13.1. The predicted molar refractivity (Wildman–Crippen MR) is 146 cm³/mol. The van der Waals surface area contributed by atoms with Gasteiger partial charge < -0.3 is 19.8 Å². The van der Waals surface area contributed by atoms with Gasteiger partial charge in [0.25, 0.3) is 11.5 Å². The lowest BCUT2D eigenvalue weighted by Crippen LogP contribution is -2.40. The Kier molecular flexibility index (Phi) is 9.31. The summed E-state index contributed by atoms with van der Waals surface area (Å²) in [5, 5.41) is 2.32. The number of imidazole rings is 1. The minimum Gasteiger partial charge on any atom is -0.497 e. The first-order chi connectivity index (χ1) is 20.4. The molecule has 0 radical (unpaired) electrons. The molecule has 0 fully saturated rings. The van der Waals surface area contributed by atoms with E-state index in [9.17, 15) is 36.7 Å². The van der Waals surface area contributed by atoms with Crippen LogP contribution in [0.3, 0.4) is 0 Å². The van der Waals surface area contributed by atoms with Gasteiger partial charge in [-0.2, -0.15) is 13.2 Å². The van der Waals surface area contributed by atoms with E-state index >= 15 is 0 Å². The maximum atomic E-state index is 14.5. The number of anilines is 1. The summed E-state index contributed by atoms with van der Waals surface area (Å²) in [6, 6.07) is 10.2. The Hall–Kier alpha value is -4.95. The third-order valence-electron chi connectivity index (χ3n) is 6.40. The Bertz CT molecular complexity index is 1760. The fraction of sp³-hybridized carbons (Fsp3) is 0.321. The third-order valence-corrected chi connectivity index (χ3v) is 6.40. The molecule has 0 aliphatic rings. The molecule has 0 spiro atoms. The number of benzene rings is 2. The van der Waals surface area contributed by atoms with Gasteiger partial charge >= 0.3 is 17.8 Å². The minimum atomic E-state index is -5.20. The zero-order valence-corrected chi connectivity index (χ0v) is 23.1. The van der Waals surface area contributed by atoms with Crippen LogP contribution in [0.15, 0.2) is 52.1 Å². The maximum Gasteiger partial charge on any atom is 0.490 e. The molecule has 2 heterocycles. The van der Waals surface area contributed by atoms with Crippen LogP contribution in [0.1, 0.15) is 36.7 Å². The Morgan fingerprint density at radius 3 is 2.44 bits per heavy atom. The van der Waals surface area contributed by atoms with Gasteiger partial charge in [-0.1, -0.05) is 25.5 Å². The highest BCUT2D eigenvalue weighted by Gasteiger charge is 2.41. The average molecular weight is 606 g/mol. The molecule has 4 aromatic rings. The topological polar surface area (TPSA) is 137 Å². The lowest BCUT2D eigenvalue weighted by molar-refractivity contribution is -0.199. The van der Waals surface area contributed by atoms with Crippen molar-refractivity contribution in [3.8, 4) is 5.75 Å². The second-order valence-electron chi connectivity index (χ2n) is 9.51. The van der Waals surface area contributed by atoms with Crippen molar-refractivity contribution in [3.05, 3.63) is 86.1 Å². The van der Waals surface area contributed by atoms with Gasteiger partial charge in [-0.25, -0.2) is 19.0 Å². The Labute approximate surface area is 241 Å². The van der Waals surface area contributed by atoms with Gasteiger partial charge in [0, 0.05) is 24.2 Å². The van der Waals surface area contributed by atoms with Crippen LogP contribution in [0.2, 0.25) is 0 Å². The molecule has 2 N–H and O–H groups in total. The Morgan fingerprint density at radius 2 is 1.79 bits per heavy atom. The van der Waals surface area contributed by atoms with Gasteiger partial charge in [0.1, 0.15) is 22.9 Å². The molecule has 4 rings (SSSR count). The molecule has 0 saturated carbocycles. The lowest BCUT2D eigenvalue weighted by Gasteiger charge is -2.12. The predicted octanol–water partition coefficient (Wildman–Crippen LogP) is 3.52. The smallest absolute Gasteiger partial charge is 0.490 e. The number of methoxy groups -OCH3 is 1. The Morgan fingerprint density at radius 1 is 1.07 bits per heavy atom. The van der Waals surface area contributed by atoms with Crippen molar-refractivity contribution in [2.45, 2.75) is 45.5 Å². The summed E-state index contributed by atoms with van der Waals surface area (Å²) in [6.07, 6.45) is -3.61. The summed E-state index contributed by atoms with van der Waals surface area (Å²) in [7, 11) is 1.42. The normalized spacial score (nSPS) is 11.5. The molecule has 0 saturated heterocycles. The number of ether oxygens (including phenoxy) is 2. The summed E-state index contributed by atoms with van der Waals surface area (Å²) in [5.74, 6) is -3.30. The van der Waals surface area contributed by atoms with Crippen molar-refractivity contribution in [3.63, 3.8) is 0 Å². The number of esters is 1. The molecular weight excluding hydrogens is 578 g/mol. The molecule has 2 aromatic carbocycles. The summed E-state index contributed by atoms with van der Waals surface area (Å²) in [6.45, 7) is 0.797. The monoisotopic (exact) mass is 605 g/mol. The van der Waals surface area contributed by atoms with Gasteiger partial charge in [-0.15, -0.1) is 0 Å². The number of rotatable bonds is 11. The van der Waals surface area contributed by atoms with Crippen molar-refractivity contribution in [1.29, 1.82) is 0 Å². The maximum absolute atomic E-state index is 14.5. The van der Waals surface area contributed by atoms with Crippen molar-refractivity contribution in [2.24, 2.45) is 0 Å². The number of unbranched alkanes of at least 4 members (excludes halogenated alkanes) is 1. The number of nitrogens with one attached hydrogen (secondary N) is 2. The van der Waals surface area contributed by atoms with Gasteiger partial charge in [-0.05, 0) is 42.3 Å². The zero-order chi connectivity index (χ0) is 31.3. The first-order valence-corrected chi connectivity index (χ1v) is 13.1. The van der Waals surface area contributed by atoms with Crippen LogP contribution in [-0.4, -0.2) is 50.9 Å². The second kappa shape index (κ2) is 12.9. The number of aromatic amines is 1. The molecule has 1 amide bonds. The van der Waals surface area contributed by atoms with E-state index in [2.05, 4.69) is 20.0 Å². The number of aryl methyl sites for hydroxylation is 1. The number of hydrogen-bond acceptors (Lipinski definition) is 7. The van der Waals surface area contributed by atoms with Crippen molar-refractivity contribution in [1.82, 2.24) is 19.1 Å². The molecule has 0 aliphatic heterocycles. The molecule has 0 atom stereocenters. The van der Waals surface area contributed by atoms with Gasteiger partial charge in [0.15, 0.2) is 12.3 Å². The van der Waals surface area contributed by atoms with E-state index in [0.29, 0.717) is 23.6 Å². The van der Waals surface area contributed by atoms with E-state index in [4.69, 9.17) is 4.74 Å². The van der Waals surface area contributed by atoms with Crippen LogP contribution in [0.4, 0.5) is 23.2 Å². The van der Waals surface area contributed by atoms with Crippen molar-refractivity contribution < 1.29 is 36.6 Å². The van der Waals surface area contributed by atoms with E-state index in [0.717, 1.165) is 11.0 Å². The summed E-state index contributed by atoms with van der Waals surface area (Å²) < 4.78 is 62.6. The van der Waals surface area contributed by atoms with Crippen LogP contribution < -0.4 is 21.3 Å². The van der Waals surface area contributed by atoms with E-state index in [1.807, 2.05) is 6.92 Å². The second-order valence-corrected chi connectivity index (χ2v) is 9.51. The van der Waals surface area contributed by atoms with Crippen LogP contribution >= 0.6 is 0 Å². The van der Waals surface area contributed by atoms with Crippen molar-refractivity contribution >= 4 is 28.7 Å². The number of aromatic nitrogens is 4. The standard InChI is InChI=1S/C28H27F4N5O6/c1-3-4-11-36-24-23(25(39)37(27(36)41)14-17-13-19(42-2)9-10-20(17)29)34-21(35-24)12-16-5-7-18(8-6-16)33-22(38)15-43-26(40)28(30,31)32/h5-10,13H,3-4,11-12,14-15H2,1-2H3,(H,33,38)(H,34,35). The summed E-state index contributed by atoms with van der Waals surface area (Å²) in [5.41, 5.74) is -0.0377. The third kappa shape index (κ3) is 7.28.